The molecule has 2 N–H and O–H groups in total. The Morgan fingerprint density at radius 2 is 1.85 bits per heavy atom. The Morgan fingerprint density at radius 3 is 2.61 bits per heavy atom. The minimum absolute atomic E-state index is 0.199. The lowest BCUT2D eigenvalue weighted by Gasteiger charge is -2.17. The summed E-state index contributed by atoms with van der Waals surface area (Å²) in [6.07, 6.45) is 0. The van der Waals surface area contributed by atoms with Gasteiger partial charge in [0.15, 0.2) is 5.17 Å². The molecule has 6 nitrogen and oxygen atoms in total. The first-order valence-corrected chi connectivity index (χ1v) is 11.6. The Hall–Kier alpha value is -3.55. The largest absolute Gasteiger partial charge is 0.350 e. The van der Waals surface area contributed by atoms with Crippen molar-refractivity contribution in [1.29, 1.82) is 0 Å². The maximum Gasteiger partial charge on any atom is 0.287 e. The number of benzene rings is 3. The average molecular weight is 475 g/mol. The molecule has 1 fully saturated rings. The van der Waals surface area contributed by atoms with Crippen LogP contribution < -0.4 is 5.43 Å². The Balaban J connectivity index is 1.52. The zero-order chi connectivity index (χ0) is 22.9. The Labute approximate surface area is 199 Å². The highest BCUT2D eigenvalue weighted by molar-refractivity contribution is 8.15. The van der Waals surface area contributed by atoms with Crippen LogP contribution in [0.15, 0.2) is 77.8 Å². The number of amides is 2. The summed E-state index contributed by atoms with van der Waals surface area (Å²) in [4.78, 5) is 33.7. The number of nitrogens with one attached hydrogen (secondary N) is 2. The van der Waals surface area contributed by atoms with Crippen molar-refractivity contribution in [3.8, 4) is 11.1 Å². The van der Waals surface area contributed by atoms with Gasteiger partial charge in [-0.2, -0.15) is 5.01 Å². The summed E-state index contributed by atoms with van der Waals surface area (Å²) in [6.45, 7) is 2.01. The lowest BCUT2D eigenvalue weighted by molar-refractivity contribution is -0.125. The fourth-order valence-electron chi connectivity index (χ4n) is 3.72. The summed E-state index contributed by atoms with van der Waals surface area (Å²) in [7, 11) is 0. The van der Waals surface area contributed by atoms with Crippen molar-refractivity contribution in [2.45, 2.75) is 6.92 Å². The van der Waals surface area contributed by atoms with Crippen LogP contribution in [0.4, 0.5) is 5.69 Å². The van der Waals surface area contributed by atoms with Gasteiger partial charge in [-0.15, -0.1) is 0 Å². The molecule has 0 radical (unpaired) electrons. The fraction of sp³-hybridized carbons (Fsp3) is 0.0800. The van der Waals surface area contributed by atoms with E-state index < -0.39 is 5.91 Å². The molecule has 0 bridgehead atoms. The van der Waals surface area contributed by atoms with Gasteiger partial charge in [0.05, 0.1) is 11.4 Å². The third-order valence-electron chi connectivity index (χ3n) is 5.27. The number of hydrogen-bond acceptors (Lipinski definition) is 4. The number of H-pyrrole nitrogens is 1. The van der Waals surface area contributed by atoms with Gasteiger partial charge in [-0.1, -0.05) is 65.3 Å². The molecule has 0 saturated carbocycles. The Kier molecular flexibility index (Phi) is 5.66. The standard InChI is InChI=1S/C25H19ClN4O2S/c1-15-7-12-20-19(13-15)22(16-5-3-2-4-6-16)23(28-20)24(32)29-30-21(31)14-33-25(30)27-18-10-8-17(26)9-11-18/h2-13,28H,14H2,1H3,(H,29,32). The van der Waals surface area contributed by atoms with Gasteiger partial charge in [0.2, 0.25) is 0 Å². The first-order chi connectivity index (χ1) is 16.0. The quantitative estimate of drug-likeness (QED) is 0.398. The van der Waals surface area contributed by atoms with E-state index in [1.165, 1.54) is 16.8 Å². The highest BCUT2D eigenvalue weighted by Gasteiger charge is 2.31. The molecular formula is C25H19ClN4O2S. The normalized spacial score (nSPS) is 14.9. The molecule has 3 aromatic carbocycles. The summed E-state index contributed by atoms with van der Waals surface area (Å²) in [6, 6.07) is 22.7. The molecule has 33 heavy (non-hydrogen) atoms. The number of hydrazine groups is 1. The first kappa shape index (κ1) is 21.3. The molecule has 164 valence electrons. The third-order valence-corrected chi connectivity index (χ3v) is 6.45. The highest BCUT2D eigenvalue weighted by atomic mass is 35.5. The average Bonchev–Trinajstić information content (AvgIpc) is 3.36. The molecule has 5 rings (SSSR count). The molecule has 1 saturated heterocycles. The number of aromatic amines is 1. The molecule has 1 aromatic heterocycles. The number of fused-ring (bicyclic) bond motifs is 1. The molecule has 0 unspecified atom stereocenters. The maximum atomic E-state index is 13.4. The number of thioether (sulfide) groups is 1. The molecule has 2 amide bonds. The van der Waals surface area contributed by atoms with E-state index in [4.69, 9.17) is 11.6 Å². The van der Waals surface area contributed by atoms with Crippen LogP contribution in [0.25, 0.3) is 22.0 Å². The van der Waals surface area contributed by atoms with Gasteiger partial charge < -0.3 is 4.98 Å². The van der Waals surface area contributed by atoms with Crippen molar-refractivity contribution in [3.05, 3.63) is 89.1 Å². The molecule has 1 aliphatic rings. The number of hydrogen-bond donors (Lipinski definition) is 2. The van der Waals surface area contributed by atoms with Crippen molar-refractivity contribution in [3.63, 3.8) is 0 Å². The van der Waals surface area contributed by atoms with E-state index in [0.717, 1.165) is 27.6 Å². The molecule has 4 aromatic rings. The van der Waals surface area contributed by atoms with E-state index in [1.54, 1.807) is 24.3 Å². The van der Waals surface area contributed by atoms with Gasteiger partial charge in [0.1, 0.15) is 5.69 Å². The summed E-state index contributed by atoms with van der Waals surface area (Å²) < 4.78 is 0. The predicted molar refractivity (Wildman–Crippen MR) is 134 cm³/mol. The second-order valence-corrected chi connectivity index (χ2v) is 9.00. The van der Waals surface area contributed by atoms with Crippen molar-refractivity contribution >= 4 is 56.9 Å². The van der Waals surface area contributed by atoms with Crippen molar-refractivity contribution in [1.82, 2.24) is 15.4 Å². The van der Waals surface area contributed by atoms with Gasteiger partial charge in [-0.05, 0) is 48.9 Å². The number of carbonyl (C=O) groups is 2. The minimum atomic E-state index is -0.414. The van der Waals surface area contributed by atoms with Crippen LogP contribution in [0.1, 0.15) is 16.1 Å². The third kappa shape index (κ3) is 4.25. The Bertz CT molecular complexity index is 1400. The summed E-state index contributed by atoms with van der Waals surface area (Å²) in [5, 5.41) is 3.17. The van der Waals surface area contributed by atoms with Crippen LogP contribution in [-0.4, -0.2) is 32.7 Å². The van der Waals surface area contributed by atoms with Crippen LogP contribution in [0.3, 0.4) is 0 Å². The Morgan fingerprint density at radius 1 is 1.09 bits per heavy atom. The van der Waals surface area contributed by atoms with Crippen molar-refractivity contribution in [2.75, 3.05) is 5.75 Å². The number of carbonyl (C=O) groups excluding carboxylic acids is 2. The smallest absolute Gasteiger partial charge is 0.287 e. The van der Waals surface area contributed by atoms with Crippen LogP contribution in [0.5, 0.6) is 0 Å². The number of aryl methyl sites for hydroxylation is 1. The van der Waals surface area contributed by atoms with Crippen LogP contribution in [0, 0.1) is 6.92 Å². The fourth-order valence-corrected chi connectivity index (χ4v) is 4.67. The molecule has 8 heteroatoms. The zero-order valence-electron chi connectivity index (χ0n) is 17.6. The molecule has 2 heterocycles. The predicted octanol–water partition coefficient (Wildman–Crippen LogP) is 5.70. The second-order valence-electron chi connectivity index (χ2n) is 7.62. The summed E-state index contributed by atoms with van der Waals surface area (Å²) in [5.74, 6) is -0.457. The van der Waals surface area contributed by atoms with E-state index >= 15 is 0 Å². The molecule has 0 spiro atoms. The van der Waals surface area contributed by atoms with E-state index in [9.17, 15) is 9.59 Å². The van der Waals surface area contributed by atoms with Gasteiger partial charge in [-0.3, -0.25) is 15.0 Å². The van der Waals surface area contributed by atoms with Crippen LogP contribution >= 0.6 is 23.4 Å². The lowest BCUT2D eigenvalue weighted by atomic mass is 10.0. The SMILES string of the molecule is Cc1ccc2[nH]c(C(=O)NN3C(=O)CSC3=Nc3ccc(Cl)cc3)c(-c3ccccc3)c2c1. The lowest BCUT2D eigenvalue weighted by Crippen LogP contribution is -2.45. The van der Waals surface area contributed by atoms with Gasteiger partial charge in [0.25, 0.3) is 11.8 Å². The molecule has 1 aliphatic heterocycles. The maximum absolute atomic E-state index is 13.4. The monoisotopic (exact) mass is 474 g/mol. The van der Waals surface area contributed by atoms with E-state index in [1.807, 2.05) is 49.4 Å². The highest BCUT2D eigenvalue weighted by Crippen LogP contribution is 2.33. The second kappa shape index (κ2) is 8.77. The minimum Gasteiger partial charge on any atom is -0.350 e. The molecular weight excluding hydrogens is 456 g/mol. The number of aromatic nitrogens is 1. The number of amidine groups is 1. The van der Waals surface area contributed by atoms with Crippen molar-refractivity contribution < 1.29 is 9.59 Å². The van der Waals surface area contributed by atoms with E-state index in [0.29, 0.717) is 21.6 Å². The molecule has 0 atom stereocenters. The zero-order valence-corrected chi connectivity index (χ0v) is 19.2. The summed E-state index contributed by atoms with van der Waals surface area (Å²) >= 11 is 7.22. The number of rotatable bonds is 4. The number of halogens is 1. The van der Waals surface area contributed by atoms with E-state index in [2.05, 4.69) is 21.5 Å². The molecule has 0 aliphatic carbocycles. The van der Waals surface area contributed by atoms with Crippen LogP contribution in [0.2, 0.25) is 5.02 Å². The number of aliphatic imine (C=N–C) groups is 1. The first-order valence-electron chi connectivity index (χ1n) is 10.3. The topological polar surface area (TPSA) is 77.6 Å². The van der Waals surface area contributed by atoms with E-state index in [-0.39, 0.29) is 11.7 Å². The van der Waals surface area contributed by atoms with Gasteiger partial charge in [-0.25, -0.2) is 4.99 Å². The van der Waals surface area contributed by atoms with Gasteiger partial charge in [0, 0.05) is 21.5 Å². The van der Waals surface area contributed by atoms with Crippen LogP contribution in [-0.2, 0) is 4.79 Å². The van der Waals surface area contributed by atoms with Crippen molar-refractivity contribution in [2.24, 2.45) is 4.99 Å². The number of nitrogens with zero attached hydrogens (tertiary/aromatic N) is 2. The summed E-state index contributed by atoms with van der Waals surface area (Å²) in [5.41, 5.74) is 7.42. The van der Waals surface area contributed by atoms with Gasteiger partial charge >= 0.3 is 0 Å².